The normalized spacial score (nSPS) is 11.2. The molecule has 0 atom stereocenters. The summed E-state index contributed by atoms with van der Waals surface area (Å²) < 4.78 is 20.1. The van der Waals surface area contributed by atoms with E-state index in [0.717, 1.165) is 40.9 Å². The van der Waals surface area contributed by atoms with Gasteiger partial charge in [0.25, 0.3) is 0 Å². The third kappa shape index (κ3) is 6.22. The average molecular weight is 539 g/mol. The van der Waals surface area contributed by atoms with Gasteiger partial charge >= 0.3 is 0 Å². The fourth-order valence-corrected chi connectivity index (χ4v) is 2.89. The Labute approximate surface area is 179 Å². The van der Waals surface area contributed by atoms with Crippen molar-refractivity contribution in [3.05, 3.63) is 51.1 Å². The van der Waals surface area contributed by atoms with Crippen molar-refractivity contribution in [3.63, 3.8) is 0 Å². The van der Waals surface area contributed by atoms with Gasteiger partial charge in [-0.1, -0.05) is 34.9 Å². The van der Waals surface area contributed by atoms with Crippen LogP contribution in [-0.2, 0) is 25.9 Å². The lowest BCUT2D eigenvalue weighted by molar-refractivity contribution is 0.380. The first-order chi connectivity index (χ1) is 12.1. The third-order valence-corrected chi connectivity index (χ3v) is 4.29. The Hall–Kier alpha value is -1.16. The third-order valence-electron chi connectivity index (χ3n) is 3.80. The number of halogens is 3. The van der Waals surface area contributed by atoms with Crippen molar-refractivity contribution in [2.75, 3.05) is 6.54 Å². The van der Waals surface area contributed by atoms with E-state index in [0.29, 0.717) is 18.1 Å². The Kier molecular flexibility index (Phi) is 10.1. The van der Waals surface area contributed by atoms with Gasteiger partial charge in [-0.3, -0.25) is 0 Å². The molecule has 0 spiro atoms. The summed E-state index contributed by atoms with van der Waals surface area (Å²) in [4.78, 5) is 4.48. The molecule has 1 aromatic carbocycles. The molecule has 144 valence electrons. The second-order valence-electron chi connectivity index (χ2n) is 5.52. The van der Waals surface area contributed by atoms with Crippen LogP contribution in [0, 0.1) is 5.82 Å². The van der Waals surface area contributed by atoms with Gasteiger partial charge in [-0.2, -0.15) is 0 Å². The van der Waals surface area contributed by atoms with Crippen LogP contribution in [0.3, 0.4) is 0 Å². The maximum Gasteiger partial charge on any atom is 0.191 e. The summed E-state index contributed by atoms with van der Waals surface area (Å²) in [7, 11) is 0. The van der Waals surface area contributed by atoms with Gasteiger partial charge in [0.2, 0.25) is 0 Å². The molecular weight excluding hydrogens is 514 g/mol. The summed E-state index contributed by atoms with van der Waals surface area (Å²) in [5.41, 5.74) is 2.57. The number of aliphatic imine (C=N–C) groups is 1. The number of guanidine groups is 1. The summed E-state index contributed by atoms with van der Waals surface area (Å²) in [5, 5.41) is 10.6. The van der Waals surface area contributed by atoms with Crippen molar-refractivity contribution >= 4 is 45.9 Å². The molecule has 0 radical (unpaired) electrons. The Balaban J connectivity index is 0.00000338. The van der Waals surface area contributed by atoms with Crippen LogP contribution in [-0.4, -0.2) is 17.7 Å². The lowest BCUT2D eigenvalue weighted by atomic mass is 10.1. The van der Waals surface area contributed by atoms with E-state index in [1.165, 1.54) is 6.07 Å². The van der Waals surface area contributed by atoms with Crippen molar-refractivity contribution in [1.82, 2.24) is 15.8 Å². The lowest BCUT2D eigenvalue weighted by Gasteiger charge is -2.12. The summed E-state index contributed by atoms with van der Waals surface area (Å²) in [6, 6.07) is 4.86. The van der Waals surface area contributed by atoms with Crippen LogP contribution in [0.25, 0.3) is 0 Å². The van der Waals surface area contributed by atoms with E-state index < -0.39 is 0 Å². The maximum atomic E-state index is 13.9. The molecule has 8 heteroatoms. The molecule has 0 aliphatic rings. The fraction of sp³-hybridized carbons (Fsp3) is 0.444. The number of nitrogens with zero attached hydrogens (tertiary/aromatic N) is 2. The van der Waals surface area contributed by atoms with Crippen molar-refractivity contribution in [1.29, 1.82) is 0 Å². The van der Waals surface area contributed by atoms with Crippen molar-refractivity contribution < 1.29 is 8.91 Å². The molecule has 0 saturated heterocycles. The van der Waals surface area contributed by atoms with Crippen LogP contribution < -0.4 is 10.6 Å². The second kappa shape index (κ2) is 11.5. The van der Waals surface area contributed by atoms with Gasteiger partial charge in [0.15, 0.2) is 5.96 Å². The zero-order valence-electron chi connectivity index (χ0n) is 15.2. The molecule has 0 aliphatic heterocycles. The van der Waals surface area contributed by atoms with Gasteiger partial charge in [0.05, 0.1) is 12.2 Å². The van der Waals surface area contributed by atoms with Crippen LogP contribution in [0.5, 0.6) is 0 Å². The second-order valence-corrected chi connectivity index (χ2v) is 6.44. The van der Waals surface area contributed by atoms with E-state index in [1.807, 2.05) is 13.8 Å². The summed E-state index contributed by atoms with van der Waals surface area (Å²) in [6.07, 6.45) is 1.61. The first-order valence-electron chi connectivity index (χ1n) is 8.51. The number of hydrogen-bond acceptors (Lipinski definition) is 3. The standard InChI is InChI=1S/C18H24BrFN4O.HI/c1-4-16-14(17(5-2)25-24-16)11-23-18(21-6-3)22-10-12-9-13(19)7-8-15(12)20;/h7-9H,4-6,10-11H2,1-3H3,(H2,21,22,23);1H. The molecule has 2 rings (SSSR count). The molecule has 0 unspecified atom stereocenters. The highest BCUT2D eigenvalue weighted by Gasteiger charge is 2.13. The summed E-state index contributed by atoms with van der Waals surface area (Å²) in [5.74, 6) is 1.26. The van der Waals surface area contributed by atoms with Gasteiger partial charge in [-0.25, -0.2) is 9.38 Å². The number of rotatable bonds is 7. The summed E-state index contributed by atoms with van der Waals surface area (Å²) in [6.45, 7) is 7.63. The van der Waals surface area contributed by atoms with Gasteiger partial charge in [-0.15, -0.1) is 24.0 Å². The fourth-order valence-electron chi connectivity index (χ4n) is 2.48. The van der Waals surface area contributed by atoms with Crippen molar-refractivity contribution in [3.8, 4) is 0 Å². The predicted octanol–water partition coefficient (Wildman–Crippen LogP) is 4.57. The Morgan fingerprint density at radius 1 is 1.23 bits per heavy atom. The highest BCUT2D eigenvalue weighted by atomic mass is 127. The number of nitrogens with one attached hydrogen (secondary N) is 2. The predicted molar refractivity (Wildman–Crippen MR) is 116 cm³/mol. The quantitative estimate of drug-likeness (QED) is 0.308. The van der Waals surface area contributed by atoms with Gasteiger partial charge in [0, 0.05) is 35.1 Å². The molecule has 0 amide bonds. The highest BCUT2D eigenvalue weighted by molar-refractivity contribution is 14.0. The highest BCUT2D eigenvalue weighted by Crippen LogP contribution is 2.17. The molecule has 0 fully saturated rings. The van der Waals surface area contributed by atoms with Crippen LogP contribution in [0.1, 0.15) is 43.4 Å². The molecule has 1 heterocycles. The van der Waals surface area contributed by atoms with E-state index in [-0.39, 0.29) is 36.3 Å². The SMILES string of the molecule is CCNC(=NCc1cc(Br)ccc1F)NCc1c(CC)noc1CC.I. The van der Waals surface area contributed by atoms with Crippen molar-refractivity contribution in [2.24, 2.45) is 4.99 Å². The largest absolute Gasteiger partial charge is 0.361 e. The van der Waals surface area contributed by atoms with Gasteiger partial charge in [0.1, 0.15) is 11.6 Å². The van der Waals surface area contributed by atoms with Crippen LogP contribution >= 0.6 is 39.9 Å². The summed E-state index contributed by atoms with van der Waals surface area (Å²) >= 11 is 3.36. The Bertz CT molecular complexity index is 714. The number of hydrogen-bond donors (Lipinski definition) is 2. The molecule has 0 saturated carbocycles. The maximum absolute atomic E-state index is 13.9. The Morgan fingerprint density at radius 2 is 2.00 bits per heavy atom. The number of aryl methyl sites for hydroxylation is 2. The molecule has 2 N–H and O–H groups in total. The van der Waals surface area contributed by atoms with Crippen LogP contribution in [0.4, 0.5) is 4.39 Å². The molecule has 0 aliphatic carbocycles. The molecule has 0 bridgehead atoms. The molecule has 26 heavy (non-hydrogen) atoms. The Morgan fingerprint density at radius 3 is 2.65 bits per heavy atom. The van der Waals surface area contributed by atoms with Crippen LogP contribution in [0.15, 0.2) is 32.2 Å². The first-order valence-corrected chi connectivity index (χ1v) is 9.30. The molecule has 1 aromatic heterocycles. The monoisotopic (exact) mass is 538 g/mol. The van der Waals surface area contributed by atoms with E-state index in [1.54, 1.807) is 12.1 Å². The van der Waals surface area contributed by atoms with E-state index in [2.05, 4.69) is 43.6 Å². The van der Waals surface area contributed by atoms with Crippen LogP contribution in [0.2, 0.25) is 0 Å². The van der Waals surface area contributed by atoms with E-state index in [9.17, 15) is 4.39 Å². The topological polar surface area (TPSA) is 62.5 Å². The molecule has 5 nitrogen and oxygen atoms in total. The first kappa shape index (κ1) is 22.9. The minimum atomic E-state index is -0.261. The minimum absolute atomic E-state index is 0. The zero-order chi connectivity index (χ0) is 18.2. The van der Waals surface area contributed by atoms with E-state index in [4.69, 9.17) is 4.52 Å². The zero-order valence-corrected chi connectivity index (χ0v) is 19.2. The van der Waals surface area contributed by atoms with Crippen molar-refractivity contribution in [2.45, 2.75) is 46.7 Å². The smallest absolute Gasteiger partial charge is 0.191 e. The lowest BCUT2D eigenvalue weighted by Crippen LogP contribution is -2.37. The molecular formula is C18H25BrFIN4O. The number of aromatic nitrogens is 1. The van der Waals surface area contributed by atoms with E-state index >= 15 is 0 Å². The minimum Gasteiger partial charge on any atom is -0.361 e. The van der Waals surface area contributed by atoms with Gasteiger partial charge < -0.3 is 15.2 Å². The number of benzene rings is 1. The average Bonchev–Trinajstić information content (AvgIpc) is 3.02. The molecule has 2 aromatic rings. The van der Waals surface area contributed by atoms with Gasteiger partial charge in [-0.05, 0) is 31.5 Å².